The van der Waals surface area contributed by atoms with Gasteiger partial charge in [-0.2, -0.15) is 0 Å². The average molecular weight is 318 g/mol. The van der Waals surface area contributed by atoms with Crippen LogP contribution in [0.25, 0.3) is 0 Å². The Hall–Kier alpha value is 0.100. The van der Waals surface area contributed by atoms with Gasteiger partial charge in [-0.05, 0) is 52.1 Å². The standard InChI is InChI=1S/C13H20BrNOS/c1-16-7-6-15-10-13(4-2-5-13)9-12-11(14)3-8-17-12/h3,8,15H,2,4-7,9-10H2,1H3. The topological polar surface area (TPSA) is 21.3 Å². The van der Waals surface area contributed by atoms with Crippen molar-refractivity contribution in [3.63, 3.8) is 0 Å². The van der Waals surface area contributed by atoms with E-state index >= 15 is 0 Å². The summed E-state index contributed by atoms with van der Waals surface area (Å²) in [5.41, 5.74) is 0.501. The third-order valence-corrected chi connectivity index (χ3v) is 5.55. The summed E-state index contributed by atoms with van der Waals surface area (Å²) in [6.45, 7) is 2.89. The van der Waals surface area contributed by atoms with Crippen LogP contribution in [0.15, 0.2) is 15.9 Å². The van der Waals surface area contributed by atoms with Crippen molar-refractivity contribution in [1.29, 1.82) is 0 Å². The second kappa shape index (κ2) is 6.32. The summed E-state index contributed by atoms with van der Waals surface area (Å²) in [6, 6.07) is 2.16. The van der Waals surface area contributed by atoms with Gasteiger partial charge < -0.3 is 10.1 Å². The molecule has 0 saturated heterocycles. The van der Waals surface area contributed by atoms with E-state index in [0.29, 0.717) is 5.41 Å². The average Bonchev–Trinajstić information content (AvgIpc) is 2.66. The summed E-state index contributed by atoms with van der Waals surface area (Å²) >= 11 is 5.51. The Morgan fingerprint density at radius 2 is 2.35 bits per heavy atom. The maximum atomic E-state index is 5.07. The Balaban J connectivity index is 1.84. The molecule has 17 heavy (non-hydrogen) atoms. The van der Waals surface area contributed by atoms with E-state index < -0.39 is 0 Å². The second-order valence-electron chi connectivity index (χ2n) is 4.89. The normalized spacial score (nSPS) is 18.0. The molecule has 0 bridgehead atoms. The van der Waals surface area contributed by atoms with Crippen molar-refractivity contribution in [3.05, 3.63) is 20.8 Å². The maximum Gasteiger partial charge on any atom is 0.0587 e. The van der Waals surface area contributed by atoms with Crippen LogP contribution in [0, 0.1) is 5.41 Å². The molecule has 0 amide bonds. The van der Waals surface area contributed by atoms with Gasteiger partial charge in [0.1, 0.15) is 0 Å². The summed E-state index contributed by atoms with van der Waals surface area (Å²) in [6.07, 6.45) is 5.31. The molecule has 1 aromatic rings. The first kappa shape index (κ1) is 13.5. The molecule has 1 saturated carbocycles. The van der Waals surface area contributed by atoms with Gasteiger partial charge in [0.2, 0.25) is 0 Å². The minimum absolute atomic E-state index is 0.501. The van der Waals surface area contributed by atoms with E-state index in [0.717, 1.165) is 19.7 Å². The van der Waals surface area contributed by atoms with Crippen LogP contribution in [0.3, 0.4) is 0 Å². The van der Waals surface area contributed by atoms with Crippen molar-refractivity contribution in [3.8, 4) is 0 Å². The van der Waals surface area contributed by atoms with Crippen molar-refractivity contribution >= 4 is 27.3 Å². The van der Waals surface area contributed by atoms with Gasteiger partial charge in [-0.15, -0.1) is 11.3 Å². The molecule has 4 heteroatoms. The molecular weight excluding hydrogens is 298 g/mol. The van der Waals surface area contributed by atoms with E-state index in [9.17, 15) is 0 Å². The fraction of sp³-hybridized carbons (Fsp3) is 0.692. The van der Waals surface area contributed by atoms with Crippen LogP contribution < -0.4 is 5.32 Å². The van der Waals surface area contributed by atoms with Crippen LogP contribution in [0.4, 0.5) is 0 Å². The van der Waals surface area contributed by atoms with E-state index in [2.05, 4.69) is 32.7 Å². The van der Waals surface area contributed by atoms with Crippen LogP contribution in [0.2, 0.25) is 0 Å². The zero-order valence-corrected chi connectivity index (χ0v) is 12.7. The molecule has 0 unspecified atom stereocenters. The molecule has 1 heterocycles. The zero-order valence-electron chi connectivity index (χ0n) is 10.3. The van der Waals surface area contributed by atoms with Gasteiger partial charge in [0.25, 0.3) is 0 Å². The van der Waals surface area contributed by atoms with E-state index in [1.807, 2.05) is 11.3 Å². The lowest BCUT2D eigenvalue weighted by molar-refractivity contribution is 0.124. The lowest BCUT2D eigenvalue weighted by atomic mass is 9.66. The van der Waals surface area contributed by atoms with Crippen molar-refractivity contribution in [2.75, 3.05) is 26.8 Å². The van der Waals surface area contributed by atoms with Gasteiger partial charge in [-0.1, -0.05) is 6.42 Å². The predicted octanol–water partition coefficient (Wildman–Crippen LogP) is 3.46. The summed E-state index contributed by atoms with van der Waals surface area (Å²) in [7, 11) is 1.75. The third-order valence-electron chi connectivity index (χ3n) is 3.62. The molecule has 1 aliphatic rings. The maximum absolute atomic E-state index is 5.07. The van der Waals surface area contributed by atoms with E-state index in [4.69, 9.17) is 4.74 Å². The summed E-state index contributed by atoms with van der Waals surface area (Å²) in [5.74, 6) is 0. The molecule has 2 nitrogen and oxygen atoms in total. The van der Waals surface area contributed by atoms with Gasteiger partial charge >= 0.3 is 0 Å². The lowest BCUT2D eigenvalue weighted by Gasteiger charge is -2.42. The molecule has 1 aromatic heterocycles. The number of nitrogens with one attached hydrogen (secondary N) is 1. The fourth-order valence-electron chi connectivity index (χ4n) is 2.41. The Morgan fingerprint density at radius 3 is 2.88 bits per heavy atom. The van der Waals surface area contributed by atoms with Gasteiger partial charge in [-0.25, -0.2) is 0 Å². The summed E-state index contributed by atoms with van der Waals surface area (Å²) in [5, 5.41) is 5.70. The highest BCUT2D eigenvalue weighted by molar-refractivity contribution is 9.10. The first-order valence-corrected chi connectivity index (χ1v) is 7.85. The van der Waals surface area contributed by atoms with E-state index in [-0.39, 0.29) is 0 Å². The van der Waals surface area contributed by atoms with Crippen molar-refractivity contribution in [1.82, 2.24) is 5.32 Å². The van der Waals surface area contributed by atoms with Crippen LogP contribution in [0.1, 0.15) is 24.1 Å². The molecule has 0 atom stereocenters. The molecule has 0 radical (unpaired) electrons. The zero-order chi connectivity index (χ0) is 12.1. The minimum Gasteiger partial charge on any atom is -0.383 e. The quantitative estimate of drug-likeness (QED) is 0.778. The molecule has 1 aliphatic carbocycles. The number of hydrogen-bond acceptors (Lipinski definition) is 3. The number of halogens is 1. The minimum atomic E-state index is 0.501. The smallest absolute Gasteiger partial charge is 0.0587 e. The van der Waals surface area contributed by atoms with Crippen LogP contribution >= 0.6 is 27.3 Å². The van der Waals surface area contributed by atoms with Crippen molar-refractivity contribution in [2.45, 2.75) is 25.7 Å². The Bertz CT molecular complexity index is 349. The number of ether oxygens (including phenoxy) is 1. The number of rotatable bonds is 7. The number of methoxy groups -OCH3 is 1. The third kappa shape index (κ3) is 3.53. The van der Waals surface area contributed by atoms with Gasteiger partial charge in [0.15, 0.2) is 0 Å². The largest absolute Gasteiger partial charge is 0.383 e. The molecule has 0 aliphatic heterocycles. The first-order chi connectivity index (χ1) is 8.26. The SMILES string of the molecule is COCCNCC1(Cc2sccc2Br)CCC1. The molecular formula is C13H20BrNOS. The highest BCUT2D eigenvalue weighted by atomic mass is 79.9. The molecule has 0 spiro atoms. The molecule has 2 rings (SSSR count). The van der Waals surface area contributed by atoms with Crippen molar-refractivity contribution < 1.29 is 4.74 Å². The fourth-order valence-corrected chi connectivity index (χ4v) is 4.08. The first-order valence-electron chi connectivity index (χ1n) is 6.17. The number of thiophene rings is 1. The molecule has 0 aromatic carbocycles. The van der Waals surface area contributed by atoms with Gasteiger partial charge in [0, 0.05) is 29.5 Å². The molecule has 96 valence electrons. The summed E-state index contributed by atoms with van der Waals surface area (Å²) in [4.78, 5) is 1.50. The van der Waals surface area contributed by atoms with Gasteiger partial charge in [0.05, 0.1) is 6.61 Å². The van der Waals surface area contributed by atoms with Crippen LogP contribution in [0.5, 0.6) is 0 Å². The van der Waals surface area contributed by atoms with E-state index in [1.165, 1.54) is 35.0 Å². The van der Waals surface area contributed by atoms with E-state index in [1.54, 1.807) is 7.11 Å². The highest BCUT2D eigenvalue weighted by Crippen LogP contribution is 2.45. The highest BCUT2D eigenvalue weighted by Gasteiger charge is 2.37. The second-order valence-corrected chi connectivity index (χ2v) is 6.75. The summed E-state index contributed by atoms with van der Waals surface area (Å²) < 4.78 is 6.35. The Labute approximate surface area is 116 Å². The monoisotopic (exact) mass is 317 g/mol. The lowest BCUT2D eigenvalue weighted by Crippen LogP contribution is -2.42. The van der Waals surface area contributed by atoms with Crippen LogP contribution in [-0.4, -0.2) is 26.8 Å². The number of hydrogen-bond donors (Lipinski definition) is 1. The van der Waals surface area contributed by atoms with Gasteiger partial charge in [-0.3, -0.25) is 0 Å². The Morgan fingerprint density at radius 1 is 1.53 bits per heavy atom. The van der Waals surface area contributed by atoms with Crippen LogP contribution in [-0.2, 0) is 11.2 Å². The molecule has 1 fully saturated rings. The Kier molecular flexibility index (Phi) is 5.03. The van der Waals surface area contributed by atoms with Crippen molar-refractivity contribution in [2.24, 2.45) is 5.41 Å². The predicted molar refractivity (Wildman–Crippen MR) is 76.8 cm³/mol. The molecule has 1 N–H and O–H groups in total.